The number of hydrogen-bond donors (Lipinski definition) is 6. The normalized spacial score (nSPS) is 12.9. The minimum absolute atomic E-state index is 0.726. The fourth-order valence-electron chi connectivity index (χ4n) is 2.65. The molecule has 0 aromatic heterocycles. The zero-order chi connectivity index (χ0) is 25.5. The fourth-order valence-corrected chi connectivity index (χ4v) is 9.66. The summed E-state index contributed by atoms with van der Waals surface area (Å²) < 4.78 is 0. The first-order chi connectivity index (χ1) is 16.7. The van der Waals surface area contributed by atoms with Gasteiger partial charge < -0.3 is 0 Å². The van der Waals surface area contributed by atoms with Crippen molar-refractivity contribution in [2.75, 3.05) is 69.0 Å². The van der Waals surface area contributed by atoms with Crippen molar-refractivity contribution < 1.29 is 0 Å². The summed E-state index contributed by atoms with van der Waals surface area (Å²) in [4.78, 5) is 0. The van der Waals surface area contributed by atoms with Gasteiger partial charge in [0.2, 0.25) is 0 Å². The van der Waals surface area contributed by atoms with Gasteiger partial charge in [-0.05, 0) is 97.4 Å². The molecule has 2 unspecified atom stereocenters. The van der Waals surface area contributed by atoms with Crippen LogP contribution >= 0.6 is 123 Å². The Hall–Kier alpha value is 3.50. The molecule has 208 valence electrons. The summed E-state index contributed by atoms with van der Waals surface area (Å²) in [5, 5.41) is 1.46. The molecule has 34 heavy (non-hydrogen) atoms. The molecule has 10 heteroatoms. The lowest BCUT2D eigenvalue weighted by Gasteiger charge is -2.13. The van der Waals surface area contributed by atoms with Crippen LogP contribution in [-0.4, -0.2) is 79.5 Å². The van der Waals surface area contributed by atoms with E-state index in [-0.39, 0.29) is 0 Å². The van der Waals surface area contributed by atoms with Gasteiger partial charge in [0, 0.05) is 33.5 Å². The predicted molar refractivity (Wildman–Crippen MR) is 196 cm³/mol. The van der Waals surface area contributed by atoms with E-state index in [1.165, 1.54) is 98.7 Å². The Labute approximate surface area is 264 Å². The summed E-state index contributed by atoms with van der Waals surface area (Å²) >= 11 is 34.1. The first-order valence-corrected chi connectivity index (χ1v) is 20.9. The standard InChI is InChI=1S/C13H28S5.C11H24S5/c14-7-3-1-5-9-17-12-13(11-16)18-10-6-2-4-8-15;12-5-1-3-7-15-10-11(9-14)16-8-4-2-6-13/h13-16H,1-12H2;11-14H,1-10H2. The highest BCUT2D eigenvalue weighted by molar-refractivity contribution is 8.04. The maximum atomic E-state index is 4.46. The maximum Gasteiger partial charge on any atom is 0.0226 e. The van der Waals surface area contributed by atoms with Gasteiger partial charge in [-0.25, -0.2) is 0 Å². The minimum atomic E-state index is 0.726. The summed E-state index contributed by atoms with van der Waals surface area (Å²) in [5.41, 5.74) is 0. The van der Waals surface area contributed by atoms with E-state index in [4.69, 9.17) is 0 Å². The topological polar surface area (TPSA) is 0 Å². The molecule has 0 nitrogen and oxygen atoms in total. The second kappa shape index (κ2) is 36.5. The first kappa shape index (κ1) is 39.6. The molecule has 0 aliphatic heterocycles. The molecule has 0 aromatic carbocycles. The lowest BCUT2D eigenvalue weighted by Crippen LogP contribution is -2.09. The van der Waals surface area contributed by atoms with Crippen LogP contribution in [0.5, 0.6) is 0 Å². The zero-order valence-corrected chi connectivity index (χ0v) is 29.7. The SMILES string of the molecule is SCCCCCSCC(CS)SCCCCCS.SCCCCSCC(CS)SCCCCS. The molecule has 2 atom stereocenters. The molecule has 0 rings (SSSR count). The van der Waals surface area contributed by atoms with Gasteiger partial charge in [0.05, 0.1) is 0 Å². The average molecular weight is 661 g/mol. The fraction of sp³-hybridized carbons (Fsp3) is 1.00. The zero-order valence-electron chi connectivity index (χ0n) is 21.0. The number of hydrogen-bond acceptors (Lipinski definition) is 10. The molecule has 0 amide bonds. The molecule has 0 spiro atoms. The van der Waals surface area contributed by atoms with E-state index >= 15 is 0 Å². The highest BCUT2D eigenvalue weighted by Crippen LogP contribution is 2.21. The lowest BCUT2D eigenvalue weighted by molar-refractivity contribution is 0.785. The first-order valence-electron chi connectivity index (χ1n) is 12.7. The van der Waals surface area contributed by atoms with E-state index in [0.29, 0.717) is 0 Å². The third-order valence-electron chi connectivity index (χ3n) is 4.72. The smallest absolute Gasteiger partial charge is 0.0226 e. The van der Waals surface area contributed by atoms with Crippen LogP contribution in [0, 0.1) is 0 Å². The van der Waals surface area contributed by atoms with Crippen molar-refractivity contribution in [3.8, 4) is 0 Å². The molecule has 0 saturated carbocycles. The molecule has 0 aliphatic rings. The number of thioether (sulfide) groups is 4. The van der Waals surface area contributed by atoms with E-state index in [1.807, 2.05) is 0 Å². The lowest BCUT2D eigenvalue weighted by atomic mass is 10.3. The van der Waals surface area contributed by atoms with Crippen molar-refractivity contribution in [1.82, 2.24) is 0 Å². The Bertz CT molecular complexity index is 350. The van der Waals surface area contributed by atoms with Gasteiger partial charge in [0.1, 0.15) is 0 Å². The Morgan fingerprint density at radius 1 is 0.382 bits per heavy atom. The van der Waals surface area contributed by atoms with Gasteiger partial charge in [-0.3, -0.25) is 0 Å². The highest BCUT2D eigenvalue weighted by atomic mass is 32.2. The third kappa shape index (κ3) is 33.5. The molecule has 0 saturated heterocycles. The Morgan fingerprint density at radius 2 is 0.706 bits per heavy atom. The van der Waals surface area contributed by atoms with E-state index in [0.717, 1.165) is 45.0 Å². The summed E-state index contributed by atoms with van der Waals surface area (Å²) in [6, 6.07) is 0. The van der Waals surface area contributed by atoms with Crippen LogP contribution < -0.4 is 0 Å². The summed E-state index contributed by atoms with van der Waals surface area (Å²) in [6.07, 6.45) is 12.9. The van der Waals surface area contributed by atoms with Gasteiger partial charge in [0.25, 0.3) is 0 Å². The minimum Gasteiger partial charge on any atom is -0.179 e. The molecule has 0 radical (unpaired) electrons. The van der Waals surface area contributed by atoms with Gasteiger partial charge in [-0.1, -0.05) is 12.8 Å². The van der Waals surface area contributed by atoms with Gasteiger partial charge in [-0.15, -0.1) is 0 Å². The monoisotopic (exact) mass is 660 g/mol. The van der Waals surface area contributed by atoms with Crippen LogP contribution in [-0.2, 0) is 0 Å². The average Bonchev–Trinajstić information content (AvgIpc) is 2.86. The van der Waals surface area contributed by atoms with Crippen molar-refractivity contribution in [3.05, 3.63) is 0 Å². The van der Waals surface area contributed by atoms with E-state index in [9.17, 15) is 0 Å². The van der Waals surface area contributed by atoms with Crippen molar-refractivity contribution in [2.24, 2.45) is 0 Å². The van der Waals surface area contributed by atoms with Crippen LogP contribution in [0.3, 0.4) is 0 Å². The largest absolute Gasteiger partial charge is 0.179 e. The molecule has 0 aliphatic carbocycles. The van der Waals surface area contributed by atoms with Crippen LogP contribution in [0.2, 0.25) is 0 Å². The van der Waals surface area contributed by atoms with Gasteiger partial charge in [-0.2, -0.15) is 123 Å². The van der Waals surface area contributed by atoms with Gasteiger partial charge >= 0.3 is 0 Å². The maximum absolute atomic E-state index is 4.46. The van der Waals surface area contributed by atoms with E-state index < -0.39 is 0 Å². The summed E-state index contributed by atoms with van der Waals surface area (Å²) in [5.74, 6) is 13.8. The molecular weight excluding hydrogens is 609 g/mol. The van der Waals surface area contributed by atoms with Crippen LogP contribution in [0.1, 0.15) is 64.2 Å². The molecular formula is C24H52S10. The molecule has 0 aromatic rings. The second-order valence-electron chi connectivity index (χ2n) is 7.93. The third-order valence-corrected chi connectivity index (χ3v) is 12.9. The Morgan fingerprint density at radius 3 is 1.09 bits per heavy atom. The summed E-state index contributed by atoms with van der Waals surface area (Å²) in [7, 11) is 0. The number of unbranched alkanes of at least 4 members (excludes halogenated alkanes) is 6. The second-order valence-corrected chi connectivity index (χ2v) is 15.6. The highest BCUT2D eigenvalue weighted by Gasteiger charge is 2.07. The van der Waals surface area contributed by atoms with Crippen LogP contribution in [0.4, 0.5) is 0 Å². The van der Waals surface area contributed by atoms with E-state index in [2.05, 4.69) is 123 Å². The van der Waals surface area contributed by atoms with Crippen molar-refractivity contribution >= 4 is 123 Å². The van der Waals surface area contributed by atoms with Crippen LogP contribution in [0.15, 0.2) is 0 Å². The molecule has 0 bridgehead atoms. The molecule has 0 N–H and O–H groups in total. The Balaban J connectivity index is 0. The van der Waals surface area contributed by atoms with Crippen LogP contribution in [0.25, 0.3) is 0 Å². The van der Waals surface area contributed by atoms with E-state index in [1.54, 1.807) is 0 Å². The van der Waals surface area contributed by atoms with Crippen molar-refractivity contribution in [3.63, 3.8) is 0 Å². The van der Waals surface area contributed by atoms with Gasteiger partial charge in [0.15, 0.2) is 0 Å². The number of thiol groups is 6. The Kier molecular flexibility index (Phi) is 42.6. The quantitative estimate of drug-likeness (QED) is 0.0404. The number of rotatable bonds is 26. The summed E-state index contributed by atoms with van der Waals surface area (Å²) in [6.45, 7) is 0. The molecule has 0 fully saturated rings. The predicted octanol–water partition coefficient (Wildman–Crippen LogP) is 9.12. The molecule has 0 heterocycles. The van der Waals surface area contributed by atoms with Crippen molar-refractivity contribution in [2.45, 2.75) is 74.7 Å². The van der Waals surface area contributed by atoms with Crippen molar-refractivity contribution in [1.29, 1.82) is 0 Å².